The summed E-state index contributed by atoms with van der Waals surface area (Å²) in [6.07, 6.45) is -0.553. The number of fused-ring (bicyclic) bond motifs is 1. The van der Waals surface area contributed by atoms with Crippen LogP contribution in [0.4, 0.5) is 0 Å². The molecule has 3 heterocycles. The number of ether oxygens (including phenoxy) is 1. The number of carbonyl (C=O) groups excluding carboxylic acids is 1. The van der Waals surface area contributed by atoms with Crippen molar-refractivity contribution in [2.45, 2.75) is 24.8 Å². The molecule has 29 heavy (non-hydrogen) atoms. The number of morpholine rings is 1. The average Bonchev–Trinajstić information content (AvgIpc) is 3.27. The number of sulfonamides is 1. The maximum Gasteiger partial charge on any atom is 0.261 e. The van der Waals surface area contributed by atoms with Crippen molar-refractivity contribution in [3.8, 4) is 0 Å². The van der Waals surface area contributed by atoms with Crippen LogP contribution in [-0.4, -0.2) is 50.5 Å². The normalized spacial score (nSPS) is 18.2. The molecule has 0 radical (unpaired) electrons. The Morgan fingerprint density at radius 1 is 1.31 bits per heavy atom. The third kappa shape index (κ3) is 3.35. The summed E-state index contributed by atoms with van der Waals surface area (Å²) in [4.78, 5) is 13.1. The highest BCUT2D eigenvalue weighted by molar-refractivity contribution is 7.89. The lowest BCUT2D eigenvalue weighted by atomic mass is 10.0. The van der Waals surface area contributed by atoms with Crippen LogP contribution in [0.1, 0.15) is 32.8 Å². The Morgan fingerprint density at radius 3 is 2.76 bits per heavy atom. The van der Waals surface area contributed by atoms with E-state index < -0.39 is 16.1 Å². The molecule has 4 rings (SSSR count). The molecule has 1 amide bonds. The summed E-state index contributed by atoms with van der Waals surface area (Å²) >= 11 is 1.38. The van der Waals surface area contributed by atoms with Crippen molar-refractivity contribution in [1.29, 1.82) is 0 Å². The predicted molar refractivity (Wildman–Crippen MR) is 109 cm³/mol. The third-order valence-corrected chi connectivity index (χ3v) is 8.28. The van der Waals surface area contributed by atoms with E-state index in [1.54, 1.807) is 20.9 Å². The van der Waals surface area contributed by atoms with Gasteiger partial charge >= 0.3 is 0 Å². The van der Waals surface area contributed by atoms with E-state index in [2.05, 4.69) is 10.5 Å². The first-order valence-electron chi connectivity index (χ1n) is 9.12. The Kier molecular flexibility index (Phi) is 5.19. The number of benzene rings is 1. The van der Waals surface area contributed by atoms with Crippen LogP contribution < -0.4 is 5.32 Å². The van der Waals surface area contributed by atoms with Gasteiger partial charge in [-0.15, -0.1) is 11.3 Å². The lowest BCUT2D eigenvalue weighted by molar-refractivity contribution is -0.00194. The molecule has 0 saturated carbocycles. The van der Waals surface area contributed by atoms with Gasteiger partial charge in [0.25, 0.3) is 5.91 Å². The molecule has 154 valence electrons. The molecular formula is C19H21N3O5S2. The van der Waals surface area contributed by atoms with Crippen molar-refractivity contribution in [3.63, 3.8) is 0 Å². The van der Waals surface area contributed by atoms with Crippen molar-refractivity contribution in [2.75, 3.05) is 26.7 Å². The predicted octanol–water partition coefficient (Wildman–Crippen LogP) is 2.63. The van der Waals surface area contributed by atoms with E-state index in [0.29, 0.717) is 10.6 Å². The van der Waals surface area contributed by atoms with Crippen LogP contribution in [-0.2, 0) is 14.8 Å². The third-order valence-electron chi connectivity index (χ3n) is 4.98. The molecule has 0 aliphatic carbocycles. The molecule has 1 aliphatic rings. The van der Waals surface area contributed by atoms with E-state index in [-0.39, 0.29) is 36.3 Å². The monoisotopic (exact) mass is 435 g/mol. The molecule has 10 heteroatoms. The summed E-state index contributed by atoms with van der Waals surface area (Å²) in [7, 11) is -2.22. The van der Waals surface area contributed by atoms with E-state index in [4.69, 9.17) is 9.26 Å². The molecule has 0 unspecified atom stereocenters. The highest BCUT2D eigenvalue weighted by Crippen LogP contribution is 2.39. The van der Waals surface area contributed by atoms with Gasteiger partial charge in [-0.05, 0) is 25.3 Å². The first-order valence-corrected chi connectivity index (χ1v) is 11.4. The lowest BCUT2D eigenvalue weighted by Gasteiger charge is -2.32. The Bertz CT molecular complexity index is 1160. The van der Waals surface area contributed by atoms with Crippen molar-refractivity contribution in [2.24, 2.45) is 0 Å². The summed E-state index contributed by atoms with van der Waals surface area (Å²) in [5.41, 5.74) is 1.06. The molecular weight excluding hydrogens is 414 g/mol. The summed E-state index contributed by atoms with van der Waals surface area (Å²) < 4.78 is 39.8. The van der Waals surface area contributed by atoms with Gasteiger partial charge in [0.2, 0.25) is 10.0 Å². The number of carbonyl (C=O) groups is 1. The quantitative estimate of drug-likeness (QED) is 0.676. The second kappa shape index (κ2) is 7.52. The molecule has 1 fully saturated rings. The Balaban J connectivity index is 1.76. The zero-order valence-electron chi connectivity index (χ0n) is 16.3. The van der Waals surface area contributed by atoms with Crippen molar-refractivity contribution < 1.29 is 22.5 Å². The van der Waals surface area contributed by atoms with Gasteiger partial charge < -0.3 is 14.6 Å². The molecule has 1 saturated heterocycles. The van der Waals surface area contributed by atoms with Gasteiger partial charge in [-0.2, -0.15) is 4.31 Å². The summed E-state index contributed by atoms with van der Waals surface area (Å²) in [5.74, 6) is 0.0491. The minimum absolute atomic E-state index is 0.0971. The molecule has 8 nitrogen and oxygen atoms in total. The summed E-state index contributed by atoms with van der Waals surface area (Å²) in [6.45, 7) is 3.75. The minimum atomic E-state index is -3.80. The molecule has 1 aromatic carbocycles. The van der Waals surface area contributed by atoms with Gasteiger partial charge in [0.15, 0.2) is 5.76 Å². The van der Waals surface area contributed by atoms with Gasteiger partial charge in [0.05, 0.1) is 17.6 Å². The SMILES string of the molecule is CNC(=O)c1sc2ccccc2c1[C@@H]1CN(S(=O)(=O)c2c(C)noc2C)CCO1. The van der Waals surface area contributed by atoms with Crippen LogP contribution >= 0.6 is 11.3 Å². The van der Waals surface area contributed by atoms with Crippen molar-refractivity contribution in [1.82, 2.24) is 14.8 Å². The van der Waals surface area contributed by atoms with E-state index in [1.165, 1.54) is 15.6 Å². The van der Waals surface area contributed by atoms with Crippen LogP contribution in [0.3, 0.4) is 0 Å². The van der Waals surface area contributed by atoms with Gasteiger partial charge in [-0.3, -0.25) is 4.79 Å². The molecule has 1 atom stereocenters. The Hall–Kier alpha value is -2.27. The number of aryl methyl sites for hydroxylation is 2. The number of nitrogens with one attached hydrogen (secondary N) is 1. The highest BCUT2D eigenvalue weighted by atomic mass is 32.2. The number of hydrogen-bond acceptors (Lipinski definition) is 7. The zero-order valence-corrected chi connectivity index (χ0v) is 17.9. The smallest absolute Gasteiger partial charge is 0.261 e. The first-order chi connectivity index (χ1) is 13.8. The summed E-state index contributed by atoms with van der Waals surface area (Å²) in [5, 5.41) is 7.34. The molecule has 0 spiro atoms. The fourth-order valence-electron chi connectivity index (χ4n) is 3.66. The zero-order chi connectivity index (χ0) is 20.8. The molecule has 1 aliphatic heterocycles. The topological polar surface area (TPSA) is 102 Å². The maximum absolute atomic E-state index is 13.2. The molecule has 2 aromatic heterocycles. The Labute approximate surface area is 172 Å². The van der Waals surface area contributed by atoms with E-state index in [9.17, 15) is 13.2 Å². The number of thiophene rings is 1. The van der Waals surface area contributed by atoms with Gasteiger partial charge in [-0.1, -0.05) is 23.4 Å². The molecule has 0 bridgehead atoms. The second-order valence-corrected chi connectivity index (χ2v) is 9.72. The van der Waals surface area contributed by atoms with Gasteiger partial charge in [0, 0.05) is 30.4 Å². The van der Waals surface area contributed by atoms with Crippen LogP contribution in [0.5, 0.6) is 0 Å². The Morgan fingerprint density at radius 2 is 2.07 bits per heavy atom. The van der Waals surface area contributed by atoms with Gasteiger partial charge in [0.1, 0.15) is 10.6 Å². The number of amides is 1. The van der Waals surface area contributed by atoms with Crippen LogP contribution in [0.25, 0.3) is 10.1 Å². The van der Waals surface area contributed by atoms with Crippen LogP contribution in [0.15, 0.2) is 33.7 Å². The minimum Gasteiger partial charge on any atom is -0.371 e. The van der Waals surface area contributed by atoms with Crippen LogP contribution in [0.2, 0.25) is 0 Å². The van der Waals surface area contributed by atoms with E-state index in [0.717, 1.165) is 15.6 Å². The first kappa shape index (κ1) is 20.0. The maximum atomic E-state index is 13.2. The average molecular weight is 436 g/mol. The van der Waals surface area contributed by atoms with E-state index in [1.807, 2.05) is 24.3 Å². The number of rotatable bonds is 4. The molecule has 1 N–H and O–H groups in total. The van der Waals surface area contributed by atoms with Crippen molar-refractivity contribution in [3.05, 3.63) is 46.2 Å². The van der Waals surface area contributed by atoms with Crippen molar-refractivity contribution >= 4 is 37.4 Å². The standard InChI is InChI=1S/C19H21N3O5S2/c1-11-18(12(2)27-21-11)29(24,25)22-8-9-26-14(10-22)16-13-6-4-5-7-15(13)28-17(16)19(23)20-3/h4-7,14H,8-10H2,1-3H3,(H,20,23)/t14-/m0/s1. The van der Waals surface area contributed by atoms with Gasteiger partial charge in [-0.25, -0.2) is 8.42 Å². The number of aromatic nitrogens is 1. The lowest BCUT2D eigenvalue weighted by Crippen LogP contribution is -2.42. The fourth-order valence-corrected chi connectivity index (χ4v) is 6.57. The number of nitrogens with zero attached hydrogens (tertiary/aromatic N) is 2. The molecule has 3 aromatic rings. The summed E-state index contributed by atoms with van der Waals surface area (Å²) in [6, 6.07) is 7.68. The highest BCUT2D eigenvalue weighted by Gasteiger charge is 2.37. The largest absolute Gasteiger partial charge is 0.371 e. The second-order valence-electron chi connectivity index (χ2n) is 6.80. The van der Waals surface area contributed by atoms with Crippen LogP contribution in [0, 0.1) is 13.8 Å². The van der Waals surface area contributed by atoms with E-state index >= 15 is 0 Å². The fraction of sp³-hybridized carbons (Fsp3) is 0.368. The number of hydrogen-bond donors (Lipinski definition) is 1.